The lowest BCUT2D eigenvalue weighted by atomic mass is 10.2. The third kappa shape index (κ3) is 4.41. The van der Waals surface area contributed by atoms with E-state index in [1.165, 1.54) is 15.4 Å². The van der Waals surface area contributed by atoms with Gasteiger partial charge in [-0.1, -0.05) is 6.07 Å². The molecule has 2 aromatic heterocycles. The van der Waals surface area contributed by atoms with E-state index in [0.29, 0.717) is 38.7 Å². The number of pyridine rings is 1. The lowest BCUT2D eigenvalue weighted by Crippen LogP contribution is -2.40. The van der Waals surface area contributed by atoms with Crippen molar-refractivity contribution in [1.82, 2.24) is 14.2 Å². The van der Waals surface area contributed by atoms with Crippen LogP contribution in [-0.2, 0) is 14.8 Å². The summed E-state index contributed by atoms with van der Waals surface area (Å²) in [4.78, 5) is 7.93. The zero-order valence-corrected chi connectivity index (χ0v) is 16.6. The Kier molecular flexibility index (Phi) is 6.25. The Morgan fingerprint density at radius 1 is 1.31 bits per heavy atom. The number of nitrogens with zero attached hydrogens (tertiary/aromatic N) is 3. The third-order valence-electron chi connectivity index (χ3n) is 4.32. The Morgan fingerprint density at radius 3 is 2.65 bits per heavy atom. The Labute approximate surface area is 158 Å². The maximum Gasteiger partial charge on any atom is 0.244 e. The minimum Gasteiger partial charge on any atom is -0.379 e. The molecule has 1 aliphatic rings. The van der Waals surface area contributed by atoms with Crippen LogP contribution in [-0.4, -0.2) is 69.6 Å². The van der Waals surface area contributed by atoms with E-state index in [2.05, 4.69) is 26.6 Å². The van der Waals surface area contributed by atoms with Gasteiger partial charge in [-0.25, -0.2) is 13.4 Å². The van der Waals surface area contributed by atoms with Crippen LogP contribution in [0.25, 0.3) is 0 Å². The highest BCUT2D eigenvalue weighted by Gasteiger charge is 2.26. The van der Waals surface area contributed by atoms with Gasteiger partial charge in [0.25, 0.3) is 0 Å². The van der Waals surface area contributed by atoms with Crippen molar-refractivity contribution in [3.63, 3.8) is 0 Å². The van der Waals surface area contributed by atoms with Gasteiger partial charge in [0, 0.05) is 30.7 Å². The number of rotatable bonds is 7. The van der Waals surface area contributed by atoms with Crippen LogP contribution < -0.4 is 5.32 Å². The first-order chi connectivity index (χ1) is 12.5. The summed E-state index contributed by atoms with van der Waals surface area (Å²) in [6, 6.07) is 7.71. The van der Waals surface area contributed by atoms with Gasteiger partial charge < -0.3 is 15.0 Å². The van der Waals surface area contributed by atoms with Crippen LogP contribution in [0.1, 0.15) is 10.9 Å². The molecule has 1 saturated heterocycles. The van der Waals surface area contributed by atoms with Gasteiger partial charge in [-0.15, -0.1) is 11.3 Å². The molecule has 0 bridgehead atoms. The molecule has 0 unspecified atom stereocenters. The standard InChI is InChI=1S/C17H24N4O3S2/c1-20(2)15(16-4-3-11-25-16)13-19-17-6-5-14(12-18-17)26(22,23)21-7-9-24-10-8-21/h3-6,11-12,15H,7-10,13H2,1-2H3,(H,18,19)/t15-/m1/s1. The molecule has 1 fully saturated rings. The second kappa shape index (κ2) is 8.45. The first kappa shape index (κ1) is 19.2. The fraction of sp³-hybridized carbons (Fsp3) is 0.471. The molecule has 3 rings (SSSR count). The maximum atomic E-state index is 12.6. The van der Waals surface area contributed by atoms with Crippen molar-refractivity contribution in [1.29, 1.82) is 0 Å². The molecule has 1 N–H and O–H groups in total. The van der Waals surface area contributed by atoms with E-state index in [1.54, 1.807) is 23.5 Å². The fourth-order valence-corrected chi connectivity index (χ4v) is 5.07. The van der Waals surface area contributed by atoms with E-state index in [9.17, 15) is 8.42 Å². The van der Waals surface area contributed by atoms with Gasteiger partial charge >= 0.3 is 0 Å². The second-order valence-electron chi connectivity index (χ2n) is 6.27. The van der Waals surface area contributed by atoms with Crippen molar-refractivity contribution in [3.05, 3.63) is 40.7 Å². The summed E-state index contributed by atoms with van der Waals surface area (Å²) in [7, 11) is 0.576. The van der Waals surface area contributed by atoms with E-state index in [1.807, 2.05) is 20.2 Å². The summed E-state index contributed by atoms with van der Waals surface area (Å²) in [6.45, 7) is 2.32. The monoisotopic (exact) mass is 396 g/mol. The molecular weight excluding hydrogens is 372 g/mol. The van der Waals surface area contributed by atoms with Crippen LogP contribution in [0, 0.1) is 0 Å². The zero-order valence-electron chi connectivity index (χ0n) is 15.0. The minimum absolute atomic E-state index is 0.215. The number of nitrogens with one attached hydrogen (secondary N) is 1. The molecule has 1 aliphatic heterocycles. The number of thiophene rings is 1. The first-order valence-electron chi connectivity index (χ1n) is 8.46. The molecule has 1 atom stereocenters. The van der Waals surface area contributed by atoms with Crippen LogP contribution in [0.15, 0.2) is 40.7 Å². The van der Waals surface area contributed by atoms with Gasteiger partial charge in [0.2, 0.25) is 10.0 Å². The lowest BCUT2D eigenvalue weighted by Gasteiger charge is -2.26. The summed E-state index contributed by atoms with van der Waals surface area (Å²) in [6.07, 6.45) is 1.42. The zero-order chi connectivity index (χ0) is 18.6. The smallest absolute Gasteiger partial charge is 0.244 e. The van der Waals surface area contributed by atoms with Crippen molar-refractivity contribution in [2.24, 2.45) is 0 Å². The van der Waals surface area contributed by atoms with E-state index in [-0.39, 0.29) is 10.9 Å². The van der Waals surface area contributed by atoms with Gasteiger partial charge in [0.05, 0.1) is 19.3 Å². The summed E-state index contributed by atoms with van der Waals surface area (Å²) < 4.78 is 31.9. The number of anilines is 1. The van der Waals surface area contributed by atoms with Crippen molar-refractivity contribution in [3.8, 4) is 0 Å². The molecule has 0 aliphatic carbocycles. The minimum atomic E-state index is -3.50. The number of aromatic nitrogens is 1. The molecule has 0 aromatic carbocycles. The summed E-state index contributed by atoms with van der Waals surface area (Å²) in [5.41, 5.74) is 0. The predicted octanol–water partition coefficient (Wildman–Crippen LogP) is 1.88. The van der Waals surface area contributed by atoms with Crippen molar-refractivity contribution in [2.75, 3.05) is 52.3 Å². The van der Waals surface area contributed by atoms with E-state index in [4.69, 9.17) is 4.74 Å². The van der Waals surface area contributed by atoms with Crippen LogP contribution in [0.5, 0.6) is 0 Å². The number of ether oxygens (including phenoxy) is 1. The second-order valence-corrected chi connectivity index (χ2v) is 9.19. The van der Waals surface area contributed by atoms with Crippen LogP contribution in [0.3, 0.4) is 0 Å². The Hall–Kier alpha value is -1.52. The summed E-state index contributed by atoms with van der Waals surface area (Å²) in [5, 5.41) is 5.36. The topological polar surface area (TPSA) is 74.8 Å². The molecule has 26 heavy (non-hydrogen) atoms. The molecular formula is C17H24N4O3S2. The Bertz CT molecular complexity index is 786. The largest absolute Gasteiger partial charge is 0.379 e. The Balaban J connectivity index is 1.66. The van der Waals surface area contributed by atoms with E-state index in [0.717, 1.165) is 0 Å². The molecule has 142 valence electrons. The summed E-state index contributed by atoms with van der Waals surface area (Å²) in [5.74, 6) is 0.661. The van der Waals surface area contributed by atoms with Gasteiger partial charge in [-0.05, 0) is 37.7 Å². The highest BCUT2D eigenvalue weighted by Crippen LogP contribution is 2.24. The highest BCUT2D eigenvalue weighted by atomic mass is 32.2. The number of likely N-dealkylation sites (N-methyl/N-ethyl adjacent to an activating group) is 1. The predicted molar refractivity (Wildman–Crippen MR) is 103 cm³/mol. The number of hydrogen-bond donors (Lipinski definition) is 1. The maximum absolute atomic E-state index is 12.6. The normalized spacial score (nSPS) is 17.3. The third-order valence-corrected chi connectivity index (χ3v) is 7.17. The van der Waals surface area contributed by atoms with Gasteiger partial charge in [-0.3, -0.25) is 0 Å². The fourth-order valence-electron chi connectivity index (χ4n) is 2.79. The molecule has 3 heterocycles. The van der Waals surface area contributed by atoms with E-state index < -0.39 is 10.0 Å². The molecule has 7 nitrogen and oxygen atoms in total. The molecule has 0 amide bonds. The average Bonchev–Trinajstić information content (AvgIpc) is 3.17. The molecule has 0 radical (unpaired) electrons. The molecule has 9 heteroatoms. The van der Waals surface area contributed by atoms with Crippen molar-refractivity contribution in [2.45, 2.75) is 10.9 Å². The molecule has 0 spiro atoms. The van der Waals surface area contributed by atoms with Gasteiger partial charge in [-0.2, -0.15) is 4.31 Å². The van der Waals surface area contributed by atoms with Crippen molar-refractivity contribution < 1.29 is 13.2 Å². The highest BCUT2D eigenvalue weighted by molar-refractivity contribution is 7.89. The average molecular weight is 397 g/mol. The van der Waals surface area contributed by atoms with Gasteiger partial charge in [0.15, 0.2) is 0 Å². The molecule has 2 aromatic rings. The molecule has 0 saturated carbocycles. The van der Waals surface area contributed by atoms with Crippen LogP contribution >= 0.6 is 11.3 Å². The number of hydrogen-bond acceptors (Lipinski definition) is 7. The van der Waals surface area contributed by atoms with Gasteiger partial charge in [0.1, 0.15) is 10.7 Å². The van der Waals surface area contributed by atoms with E-state index >= 15 is 0 Å². The SMILES string of the molecule is CN(C)[C@H](CNc1ccc(S(=O)(=O)N2CCOCC2)cn1)c1cccs1. The number of morpholine rings is 1. The number of sulfonamides is 1. The van der Waals surface area contributed by atoms with Crippen molar-refractivity contribution >= 4 is 27.2 Å². The van der Waals surface area contributed by atoms with Crippen LogP contribution in [0.4, 0.5) is 5.82 Å². The lowest BCUT2D eigenvalue weighted by molar-refractivity contribution is 0.0730. The Morgan fingerprint density at radius 2 is 2.08 bits per heavy atom. The first-order valence-corrected chi connectivity index (χ1v) is 10.8. The quantitative estimate of drug-likeness (QED) is 0.770. The summed E-state index contributed by atoms with van der Waals surface area (Å²) >= 11 is 1.72. The van der Waals surface area contributed by atoms with Crippen LogP contribution in [0.2, 0.25) is 0 Å².